The molecule has 1 rings (SSSR count). The van der Waals surface area contributed by atoms with Crippen molar-refractivity contribution in [1.82, 2.24) is 4.98 Å². The lowest BCUT2D eigenvalue weighted by Crippen LogP contribution is -2.29. The first-order chi connectivity index (χ1) is 7.07. The number of hydrogen-bond donors (Lipinski definition) is 2. The molecule has 1 heterocycles. The normalized spacial score (nSPS) is 14.7. The number of hydrogen-bond acceptors (Lipinski definition) is 6. The molecule has 5 nitrogen and oxygen atoms in total. The predicted octanol–water partition coefficient (Wildman–Crippen LogP) is 0.409. The van der Waals surface area contributed by atoms with Gasteiger partial charge in [-0.1, -0.05) is 0 Å². The summed E-state index contributed by atoms with van der Waals surface area (Å²) < 4.78 is 4.60. The number of carbonyl (C=O) groups excluding carboxylic acids is 1. The van der Waals surface area contributed by atoms with Crippen molar-refractivity contribution in [3.05, 3.63) is 16.1 Å². The van der Waals surface area contributed by atoms with Gasteiger partial charge >= 0.3 is 5.97 Å². The highest BCUT2D eigenvalue weighted by molar-refractivity contribution is 7.09. The van der Waals surface area contributed by atoms with E-state index in [1.165, 1.54) is 11.3 Å². The lowest BCUT2D eigenvalue weighted by Gasteiger charge is -2.15. The smallest absolute Gasteiger partial charge is 0.338 e. The van der Waals surface area contributed by atoms with Gasteiger partial charge in [0.1, 0.15) is 6.10 Å². The van der Waals surface area contributed by atoms with E-state index in [-0.39, 0.29) is 6.61 Å². The average molecular weight is 231 g/mol. The van der Waals surface area contributed by atoms with Crippen molar-refractivity contribution in [2.24, 2.45) is 0 Å². The predicted molar refractivity (Wildman–Crippen MR) is 54.5 cm³/mol. The summed E-state index contributed by atoms with van der Waals surface area (Å²) in [6.45, 7) is 3.51. The molecule has 84 valence electrons. The second-order valence-corrected chi connectivity index (χ2v) is 3.83. The van der Waals surface area contributed by atoms with Crippen LogP contribution in [0.2, 0.25) is 0 Å². The van der Waals surface area contributed by atoms with Crippen LogP contribution in [0.15, 0.2) is 5.51 Å². The highest BCUT2D eigenvalue weighted by Crippen LogP contribution is 2.24. The number of thiazole rings is 1. The van der Waals surface area contributed by atoms with Gasteiger partial charge in [0.05, 0.1) is 22.7 Å². The minimum atomic E-state index is -1.55. The van der Waals surface area contributed by atoms with Crippen LogP contribution in [0, 0.1) is 6.92 Å². The third kappa shape index (κ3) is 2.74. The molecule has 0 unspecified atom stereocenters. The number of ether oxygens (including phenoxy) is 1. The highest BCUT2D eigenvalue weighted by atomic mass is 32.1. The maximum Gasteiger partial charge on any atom is 0.338 e. The van der Waals surface area contributed by atoms with E-state index in [4.69, 9.17) is 0 Å². The van der Waals surface area contributed by atoms with Crippen molar-refractivity contribution >= 4 is 17.3 Å². The van der Waals surface area contributed by atoms with Crippen LogP contribution in [0.4, 0.5) is 0 Å². The Bertz CT molecular complexity index is 339. The van der Waals surface area contributed by atoms with Crippen LogP contribution in [0.3, 0.4) is 0 Å². The number of carbonyl (C=O) groups is 1. The molecule has 0 aliphatic rings. The average Bonchev–Trinajstić information content (AvgIpc) is 2.62. The Balaban J connectivity index is 2.72. The van der Waals surface area contributed by atoms with Crippen LogP contribution in [0.25, 0.3) is 0 Å². The molecule has 0 saturated carbocycles. The number of aryl methyl sites for hydroxylation is 1. The molecule has 0 aliphatic heterocycles. The summed E-state index contributed by atoms with van der Waals surface area (Å²) >= 11 is 1.19. The molecule has 0 fully saturated rings. The van der Waals surface area contributed by atoms with Crippen molar-refractivity contribution in [2.75, 3.05) is 6.61 Å². The van der Waals surface area contributed by atoms with Crippen LogP contribution in [-0.4, -0.2) is 33.9 Å². The second-order valence-electron chi connectivity index (χ2n) is 2.94. The molecule has 0 bridgehead atoms. The summed E-state index contributed by atoms with van der Waals surface area (Å²) in [6.07, 6.45) is -2.82. The van der Waals surface area contributed by atoms with E-state index >= 15 is 0 Å². The maximum atomic E-state index is 11.1. The minimum absolute atomic E-state index is 0.171. The van der Waals surface area contributed by atoms with Gasteiger partial charge in [-0.05, 0) is 13.8 Å². The Morgan fingerprint density at radius 2 is 2.33 bits per heavy atom. The van der Waals surface area contributed by atoms with Gasteiger partial charge in [-0.3, -0.25) is 0 Å². The molecule has 1 aromatic heterocycles. The van der Waals surface area contributed by atoms with Crippen molar-refractivity contribution in [3.63, 3.8) is 0 Å². The second kappa shape index (κ2) is 5.20. The largest absolute Gasteiger partial charge is 0.464 e. The molecule has 0 amide bonds. The topological polar surface area (TPSA) is 79.7 Å². The van der Waals surface area contributed by atoms with Crippen LogP contribution < -0.4 is 0 Å². The minimum Gasteiger partial charge on any atom is -0.464 e. The molecule has 0 aliphatic carbocycles. The van der Waals surface area contributed by atoms with Gasteiger partial charge in [0.25, 0.3) is 0 Å². The van der Waals surface area contributed by atoms with Crippen molar-refractivity contribution in [3.8, 4) is 0 Å². The zero-order valence-corrected chi connectivity index (χ0v) is 9.32. The van der Waals surface area contributed by atoms with E-state index in [9.17, 15) is 15.0 Å². The first kappa shape index (κ1) is 12.1. The van der Waals surface area contributed by atoms with Crippen LogP contribution in [-0.2, 0) is 9.53 Å². The zero-order valence-electron chi connectivity index (χ0n) is 8.51. The standard InChI is InChI=1S/C9H13NO4S/c1-3-14-9(13)7(12)6(11)8-5(2)10-4-15-8/h4,6-7,11-12H,3H2,1-2H3/t6-,7-/m0/s1. The van der Waals surface area contributed by atoms with Gasteiger partial charge in [-0.25, -0.2) is 9.78 Å². The van der Waals surface area contributed by atoms with Gasteiger partial charge in [0.15, 0.2) is 6.10 Å². The summed E-state index contributed by atoms with van der Waals surface area (Å²) in [5, 5.41) is 19.1. The molecular formula is C9H13NO4S. The van der Waals surface area contributed by atoms with Gasteiger partial charge in [0, 0.05) is 0 Å². The number of aliphatic hydroxyl groups excluding tert-OH is 2. The van der Waals surface area contributed by atoms with Crippen LogP contribution >= 0.6 is 11.3 Å². The van der Waals surface area contributed by atoms with Gasteiger partial charge in [-0.15, -0.1) is 11.3 Å². The Morgan fingerprint density at radius 1 is 1.67 bits per heavy atom. The molecule has 2 atom stereocenters. The Kier molecular flexibility index (Phi) is 4.19. The monoisotopic (exact) mass is 231 g/mol. The van der Waals surface area contributed by atoms with Crippen LogP contribution in [0.1, 0.15) is 23.6 Å². The lowest BCUT2D eigenvalue weighted by atomic mass is 10.1. The molecule has 0 saturated heterocycles. The van der Waals surface area contributed by atoms with Crippen molar-refractivity contribution in [2.45, 2.75) is 26.1 Å². The van der Waals surface area contributed by atoms with Crippen molar-refractivity contribution < 1.29 is 19.7 Å². The van der Waals surface area contributed by atoms with E-state index in [1.807, 2.05) is 0 Å². The summed E-state index contributed by atoms with van der Waals surface area (Å²) in [5.74, 6) is -0.821. The molecule has 0 radical (unpaired) electrons. The molecule has 6 heteroatoms. The number of rotatable bonds is 4. The molecule has 0 aromatic carbocycles. The first-order valence-corrected chi connectivity index (χ1v) is 5.38. The van der Waals surface area contributed by atoms with E-state index in [1.54, 1.807) is 19.4 Å². The van der Waals surface area contributed by atoms with E-state index < -0.39 is 18.2 Å². The fraction of sp³-hybridized carbons (Fsp3) is 0.556. The lowest BCUT2D eigenvalue weighted by molar-refractivity contribution is -0.159. The summed E-state index contributed by atoms with van der Waals surface area (Å²) in [5.41, 5.74) is 2.15. The fourth-order valence-corrected chi connectivity index (χ4v) is 1.91. The molecule has 1 aromatic rings. The SMILES string of the molecule is CCOC(=O)[C@@H](O)[C@H](O)c1scnc1C. The number of nitrogens with zero attached hydrogens (tertiary/aromatic N) is 1. The Morgan fingerprint density at radius 3 is 2.80 bits per heavy atom. The maximum absolute atomic E-state index is 11.1. The van der Waals surface area contributed by atoms with E-state index in [2.05, 4.69) is 9.72 Å². The van der Waals surface area contributed by atoms with E-state index in [0.29, 0.717) is 10.6 Å². The Hall–Kier alpha value is -0.980. The summed E-state index contributed by atoms with van der Waals surface area (Å²) in [4.78, 5) is 15.5. The first-order valence-electron chi connectivity index (χ1n) is 4.50. The quantitative estimate of drug-likeness (QED) is 0.734. The Labute approximate surface area is 91.3 Å². The number of aromatic nitrogens is 1. The van der Waals surface area contributed by atoms with Gasteiger partial charge in [-0.2, -0.15) is 0 Å². The number of esters is 1. The third-order valence-electron chi connectivity index (χ3n) is 1.88. The molecular weight excluding hydrogens is 218 g/mol. The summed E-state index contributed by atoms with van der Waals surface area (Å²) in [6, 6.07) is 0. The third-order valence-corrected chi connectivity index (χ3v) is 2.88. The molecule has 0 spiro atoms. The van der Waals surface area contributed by atoms with E-state index in [0.717, 1.165) is 0 Å². The van der Waals surface area contributed by atoms with Crippen molar-refractivity contribution in [1.29, 1.82) is 0 Å². The zero-order chi connectivity index (χ0) is 11.4. The highest BCUT2D eigenvalue weighted by Gasteiger charge is 2.29. The number of aliphatic hydroxyl groups is 2. The van der Waals surface area contributed by atoms with Gasteiger partial charge < -0.3 is 14.9 Å². The van der Waals surface area contributed by atoms with Gasteiger partial charge in [0.2, 0.25) is 0 Å². The molecule has 2 N–H and O–H groups in total. The summed E-state index contributed by atoms with van der Waals surface area (Å²) in [7, 11) is 0. The fourth-order valence-electron chi connectivity index (χ4n) is 1.09. The van der Waals surface area contributed by atoms with Crippen LogP contribution in [0.5, 0.6) is 0 Å². The molecule has 15 heavy (non-hydrogen) atoms.